The number of ether oxygens (including phenoxy) is 1. The Morgan fingerprint density at radius 1 is 0.971 bits per heavy atom. The summed E-state index contributed by atoms with van der Waals surface area (Å²) in [5.41, 5.74) is 5.28. The third kappa shape index (κ3) is 5.81. The second kappa shape index (κ2) is 10.5. The zero-order valence-electron chi connectivity index (χ0n) is 20.5. The summed E-state index contributed by atoms with van der Waals surface area (Å²) < 4.78 is 8.41. The third-order valence-electron chi connectivity index (χ3n) is 6.53. The van der Waals surface area contributed by atoms with Crippen molar-refractivity contribution in [1.29, 1.82) is 0 Å². The molecule has 5 nitrogen and oxygen atoms in total. The minimum atomic E-state index is -0.427. The van der Waals surface area contributed by atoms with Gasteiger partial charge >= 0.3 is 0 Å². The van der Waals surface area contributed by atoms with Crippen molar-refractivity contribution in [3.63, 3.8) is 0 Å². The molecule has 0 saturated heterocycles. The van der Waals surface area contributed by atoms with Crippen molar-refractivity contribution in [2.24, 2.45) is 0 Å². The molecule has 1 aliphatic rings. The summed E-state index contributed by atoms with van der Waals surface area (Å²) in [6.45, 7) is 5.43. The highest BCUT2D eigenvalue weighted by molar-refractivity contribution is 5.44. The molecule has 0 amide bonds. The maximum Gasteiger partial charge on any atom is 0.227 e. The van der Waals surface area contributed by atoms with Crippen LogP contribution >= 0.6 is 0 Å². The molecule has 3 aromatic carbocycles. The fraction of sp³-hybridized carbons (Fsp3) is 0.300. The van der Waals surface area contributed by atoms with Crippen LogP contribution in [0.25, 0.3) is 5.69 Å². The van der Waals surface area contributed by atoms with Gasteiger partial charge in [-0.2, -0.15) is 5.10 Å². The molecule has 1 aromatic heterocycles. The summed E-state index contributed by atoms with van der Waals surface area (Å²) in [5.74, 6) is 1.54. The largest absolute Gasteiger partial charge is 0.439 e. The number of benzene rings is 3. The monoisotopic (exact) mass is 467 g/mol. The molecular formula is C30H33N3O2. The number of rotatable bonds is 10. The molecule has 5 heteroatoms. The van der Waals surface area contributed by atoms with Gasteiger partial charge in [0.1, 0.15) is 5.75 Å². The Labute approximate surface area is 207 Å². The molecule has 1 atom stereocenters. The summed E-state index contributed by atoms with van der Waals surface area (Å²) in [6.07, 6.45) is 2.55. The molecule has 0 aliphatic heterocycles. The van der Waals surface area contributed by atoms with E-state index in [0.29, 0.717) is 25.6 Å². The van der Waals surface area contributed by atoms with E-state index in [4.69, 9.17) is 9.84 Å². The number of aryl methyl sites for hydroxylation is 2. The summed E-state index contributed by atoms with van der Waals surface area (Å²) in [7, 11) is 0. The Balaban J connectivity index is 1.44. The lowest BCUT2D eigenvalue weighted by atomic mass is 10.1. The van der Waals surface area contributed by atoms with Gasteiger partial charge in [0.05, 0.1) is 23.0 Å². The van der Waals surface area contributed by atoms with Gasteiger partial charge < -0.3 is 9.84 Å². The molecule has 0 unspecified atom stereocenters. The van der Waals surface area contributed by atoms with E-state index in [1.165, 1.54) is 0 Å². The number of nitrogens with zero attached hydrogens (tertiary/aromatic N) is 3. The standard InChI is InChI=1S/C30H33N3O2/c1-22-10-9-15-28(18-22)35-30-29(23(2)31-33(30)26-13-7-4-8-14-26)21-32(25-16-17-25)20-27(34)19-24-11-5-3-6-12-24/h3-15,18,25,27,34H,16-17,19-21H2,1-2H3/t27-/m0/s1. The number of hydrogen-bond donors (Lipinski definition) is 1. The van der Waals surface area contributed by atoms with Crippen LogP contribution in [0.1, 0.15) is 35.2 Å². The lowest BCUT2D eigenvalue weighted by Gasteiger charge is -2.25. The first-order valence-corrected chi connectivity index (χ1v) is 12.4. The minimum absolute atomic E-state index is 0.427. The fourth-order valence-electron chi connectivity index (χ4n) is 4.57. The predicted octanol–water partition coefficient (Wildman–Crippen LogP) is 5.85. The Morgan fingerprint density at radius 3 is 2.37 bits per heavy atom. The molecule has 0 radical (unpaired) electrons. The van der Waals surface area contributed by atoms with Crippen LogP contribution in [0.5, 0.6) is 11.6 Å². The van der Waals surface area contributed by atoms with E-state index in [9.17, 15) is 5.11 Å². The Morgan fingerprint density at radius 2 is 1.69 bits per heavy atom. The molecule has 0 spiro atoms. The lowest BCUT2D eigenvalue weighted by Crippen LogP contribution is -2.35. The van der Waals surface area contributed by atoms with Crippen LogP contribution in [-0.2, 0) is 13.0 Å². The van der Waals surface area contributed by atoms with Crippen LogP contribution in [0.3, 0.4) is 0 Å². The molecule has 180 valence electrons. The van der Waals surface area contributed by atoms with Crippen molar-refractivity contribution in [2.75, 3.05) is 6.54 Å². The van der Waals surface area contributed by atoms with Gasteiger partial charge in [0.25, 0.3) is 0 Å². The molecule has 35 heavy (non-hydrogen) atoms. The van der Waals surface area contributed by atoms with Crippen LogP contribution in [0.4, 0.5) is 0 Å². The zero-order chi connectivity index (χ0) is 24.2. The molecule has 1 saturated carbocycles. The van der Waals surface area contributed by atoms with E-state index in [1.54, 1.807) is 0 Å². The van der Waals surface area contributed by atoms with Gasteiger partial charge in [-0.05, 0) is 68.5 Å². The highest BCUT2D eigenvalue weighted by atomic mass is 16.5. The summed E-state index contributed by atoms with van der Waals surface area (Å²) in [5, 5.41) is 15.8. The maximum absolute atomic E-state index is 10.9. The van der Waals surface area contributed by atoms with Crippen molar-refractivity contribution in [2.45, 2.75) is 51.8 Å². The molecule has 1 fully saturated rings. The smallest absolute Gasteiger partial charge is 0.227 e. The van der Waals surface area contributed by atoms with Crippen LogP contribution in [-0.4, -0.2) is 38.5 Å². The van der Waals surface area contributed by atoms with Gasteiger partial charge in [-0.3, -0.25) is 4.90 Å². The van der Waals surface area contributed by atoms with E-state index < -0.39 is 6.10 Å². The van der Waals surface area contributed by atoms with Crippen molar-refractivity contribution >= 4 is 0 Å². The summed E-state index contributed by atoms with van der Waals surface area (Å²) in [4.78, 5) is 2.40. The van der Waals surface area contributed by atoms with Crippen LogP contribution in [0.2, 0.25) is 0 Å². The number of para-hydroxylation sites is 1. The molecule has 1 heterocycles. The quantitative estimate of drug-likeness (QED) is 0.318. The number of aliphatic hydroxyl groups excluding tert-OH is 1. The molecule has 5 rings (SSSR count). The summed E-state index contributed by atoms with van der Waals surface area (Å²) in [6, 6.07) is 28.9. The van der Waals surface area contributed by atoms with E-state index >= 15 is 0 Å². The number of aliphatic hydroxyl groups is 1. The van der Waals surface area contributed by atoms with Crippen molar-refractivity contribution < 1.29 is 9.84 Å². The van der Waals surface area contributed by atoms with Gasteiger partial charge in [-0.1, -0.05) is 60.7 Å². The Hall–Kier alpha value is -3.41. The average Bonchev–Trinajstić information content (AvgIpc) is 3.66. The number of hydrogen-bond acceptors (Lipinski definition) is 4. The van der Waals surface area contributed by atoms with Gasteiger partial charge in [-0.15, -0.1) is 0 Å². The zero-order valence-corrected chi connectivity index (χ0v) is 20.5. The molecule has 0 bridgehead atoms. The van der Waals surface area contributed by atoms with Gasteiger partial charge in [0, 0.05) is 19.1 Å². The third-order valence-corrected chi connectivity index (χ3v) is 6.53. The van der Waals surface area contributed by atoms with Crippen molar-refractivity contribution in [3.8, 4) is 17.3 Å². The minimum Gasteiger partial charge on any atom is -0.439 e. The van der Waals surface area contributed by atoms with E-state index in [0.717, 1.165) is 52.5 Å². The van der Waals surface area contributed by atoms with E-state index in [2.05, 4.69) is 30.0 Å². The normalized spacial score (nSPS) is 14.3. The topological polar surface area (TPSA) is 50.5 Å². The van der Waals surface area contributed by atoms with Crippen LogP contribution < -0.4 is 4.74 Å². The Kier molecular flexibility index (Phi) is 6.98. The fourth-order valence-corrected chi connectivity index (χ4v) is 4.57. The van der Waals surface area contributed by atoms with E-state index in [1.807, 2.05) is 78.3 Å². The highest BCUT2D eigenvalue weighted by Crippen LogP contribution is 2.35. The van der Waals surface area contributed by atoms with Crippen molar-refractivity contribution in [1.82, 2.24) is 14.7 Å². The van der Waals surface area contributed by atoms with Crippen molar-refractivity contribution in [3.05, 3.63) is 107 Å². The van der Waals surface area contributed by atoms with Crippen LogP contribution in [0, 0.1) is 13.8 Å². The first-order valence-electron chi connectivity index (χ1n) is 12.4. The molecular weight excluding hydrogens is 434 g/mol. The SMILES string of the molecule is Cc1cccc(Oc2c(CN(C[C@@H](O)Cc3ccccc3)C3CC3)c(C)nn2-c2ccccc2)c1. The highest BCUT2D eigenvalue weighted by Gasteiger charge is 2.32. The van der Waals surface area contributed by atoms with Gasteiger partial charge in [0.2, 0.25) is 5.88 Å². The van der Waals surface area contributed by atoms with Crippen LogP contribution in [0.15, 0.2) is 84.9 Å². The average molecular weight is 468 g/mol. The molecule has 1 N–H and O–H groups in total. The van der Waals surface area contributed by atoms with Gasteiger partial charge in [-0.25, -0.2) is 4.68 Å². The predicted molar refractivity (Wildman–Crippen MR) is 139 cm³/mol. The first-order chi connectivity index (χ1) is 17.1. The second-order valence-corrected chi connectivity index (χ2v) is 9.54. The second-order valence-electron chi connectivity index (χ2n) is 9.54. The maximum atomic E-state index is 10.9. The lowest BCUT2D eigenvalue weighted by molar-refractivity contribution is 0.103. The Bertz CT molecular complexity index is 1250. The molecule has 1 aliphatic carbocycles. The van der Waals surface area contributed by atoms with E-state index in [-0.39, 0.29) is 0 Å². The first kappa shape index (κ1) is 23.3. The molecule has 4 aromatic rings. The van der Waals surface area contributed by atoms with Gasteiger partial charge in [0.15, 0.2) is 0 Å². The summed E-state index contributed by atoms with van der Waals surface area (Å²) >= 11 is 0. The number of aromatic nitrogens is 2.